The molecule has 1 amide bonds. The van der Waals surface area contributed by atoms with Gasteiger partial charge in [0.1, 0.15) is 5.69 Å². The Morgan fingerprint density at radius 3 is 2.58 bits per heavy atom. The van der Waals surface area contributed by atoms with Gasteiger partial charge in [0, 0.05) is 50.0 Å². The van der Waals surface area contributed by atoms with Gasteiger partial charge in [-0.3, -0.25) is 9.89 Å². The maximum atomic E-state index is 11.6. The van der Waals surface area contributed by atoms with Crippen LogP contribution < -0.4 is 4.90 Å². The maximum Gasteiger partial charge on any atom is 0.219 e. The molecule has 2 aliphatic rings. The molecule has 1 aliphatic heterocycles. The lowest BCUT2D eigenvalue weighted by atomic mass is 9.76. The summed E-state index contributed by atoms with van der Waals surface area (Å²) in [6.07, 6.45) is 3.24. The number of hydrogen-bond acceptors (Lipinski definition) is 4. The smallest absolute Gasteiger partial charge is 0.219 e. The summed E-state index contributed by atoms with van der Waals surface area (Å²) in [7, 11) is 0. The van der Waals surface area contributed by atoms with Gasteiger partial charge in [0.25, 0.3) is 0 Å². The highest BCUT2D eigenvalue weighted by Crippen LogP contribution is 2.37. The molecule has 0 spiro atoms. The van der Waals surface area contributed by atoms with Gasteiger partial charge in [-0.05, 0) is 42.9 Å². The molecule has 2 N–H and O–H groups in total. The fraction of sp³-hybridized carbons (Fsp3) is 0.500. The monoisotopic (exact) mass is 464 g/mol. The highest BCUT2D eigenvalue weighted by Gasteiger charge is 2.30. The molecule has 3 aromatic rings. The van der Waals surface area contributed by atoms with Gasteiger partial charge in [0.2, 0.25) is 5.91 Å². The first-order chi connectivity index (χ1) is 13.9. The number of nitrogens with zero attached hydrogens (tertiary/aromatic N) is 4. The van der Waals surface area contributed by atoms with Crippen LogP contribution in [0.1, 0.15) is 38.4 Å². The maximum absolute atomic E-state index is 11.6. The predicted molar refractivity (Wildman–Crippen MR) is 128 cm³/mol. The van der Waals surface area contributed by atoms with Crippen molar-refractivity contribution in [3.63, 3.8) is 0 Å². The molecule has 3 heterocycles. The van der Waals surface area contributed by atoms with E-state index in [1.54, 1.807) is 6.92 Å². The Bertz CT molecular complexity index is 1080. The zero-order chi connectivity index (χ0) is 20.2. The minimum Gasteiger partial charge on any atom is -0.368 e. The Morgan fingerprint density at radius 2 is 1.87 bits per heavy atom. The first-order valence-corrected chi connectivity index (χ1v) is 10.5. The van der Waals surface area contributed by atoms with Crippen LogP contribution in [0.15, 0.2) is 18.2 Å². The second-order valence-electron chi connectivity index (χ2n) is 9.15. The van der Waals surface area contributed by atoms with Gasteiger partial charge in [0.05, 0.1) is 11.0 Å². The van der Waals surface area contributed by atoms with E-state index in [9.17, 15) is 4.79 Å². The third kappa shape index (κ3) is 4.39. The molecule has 0 atom stereocenters. The summed E-state index contributed by atoms with van der Waals surface area (Å²) in [5.41, 5.74) is 7.00. The van der Waals surface area contributed by atoms with Gasteiger partial charge in [-0.15, -0.1) is 24.8 Å². The Labute approximate surface area is 194 Å². The van der Waals surface area contributed by atoms with Gasteiger partial charge < -0.3 is 14.8 Å². The highest BCUT2D eigenvalue weighted by molar-refractivity contribution is 5.86. The molecule has 168 valence electrons. The average Bonchev–Trinajstić information content (AvgIpc) is 3.29. The van der Waals surface area contributed by atoms with E-state index in [-0.39, 0.29) is 30.7 Å². The molecule has 2 aromatic heterocycles. The molecule has 1 saturated heterocycles. The van der Waals surface area contributed by atoms with E-state index in [0.29, 0.717) is 5.41 Å². The first kappa shape index (κ1) is 23.4. The standard InChI is InChI=1S/C22H28N6O.2ClH/c1-14(29)27-8-10-28(11-9-27)15-4-5-17-18(12-15)24-21(23-17)20-16-6-7-22(2,3)13-19(16)25-26-20;;/h4-5,12H,6-11,13H2,1-3H3,(H,23,24)(H,25,26);2*1H. The number of benzene rings is 1. The third-order valence-electron chi connectivity index (χ3n) is 6.44. The summed E-state index contributed by atoms with van der Waals surface area (Å²) in [6.45, 7) is 9.53. The van der Waals surface area contributed by atoms with Crippen LogP contribution in [-0.2, 0) is 17.6 Å². The molecule has 7 nitrogen and oxygen atoms in total. The van der Waals surface area contributed by atoms with Crippen LogP contribution in [0.2, 0.25) is 0 Å². The van der Waals surface area contributed by atoms with E-state index in [0.717, 1.165) is 61.6 Å². The Balaban J connectivity index is 0.00000136. The number of carbonyl (C=O) groups is 1. The quantitative estimate of drug-likeness (QED) is 0.600. The fourth-order valence-corrected chi connectivity index (χ4v) is 4.63. The number of aromatic amines is 2. The number of nitrogens with one attached hydrogen (secondary N) is 2. The summed E-state index contributed by atoms with van der Waals surface area (Å²) in [6, 6.07) is 6.36. The molecule has 1 fully saturated rings. The second kappa shape index (κ2) is 8.71. The zero-order valence-corrected chi connectivity index (χ0v) is 19.8. The van der Waals surface area contributed by atoms with Crippen molar-refractivity contribution in [1.29, 1.82) is 0 Å². The molecule has 0 bridgehead atoms. The van der Waals surface area contributed by atoms with Crippen LogP contribution in [0.25, 0.3) is 22.6 Å². The van der Waals surface area contributed by atoms with E-state index in [2.05, 4.69) is 52.1 Å². The summed E-state index contributed by atoms with van der Waals surface area (Å²) < 4.78 is 0. The number of halogens is 2. The van der Waals surface area contributed by atoms with Crippen molar-refractivity contribution in [2.75, 3.05) is 31.1 Å². The van der Waals surface area contributed by atoms with Crippen LogP contribution in [0.4, 0.5) is 5.69 Å². The molecule has 1 aliphatic carbocycles. The SMILES string of the molecule is CC(=O)N1CCN(c2ccc3nc(-c4n[nH]c5c4CCC(C)(C)C5)[nH]c3c2)CC1.Cl.Cl. The number of carbonyl (C=O) groups excluding carboxylic acids is 1. The Hall–Kier alpha value is -2.25. The normalized spacial score (nSPS) is 17.6. The molecule has 31 heavy (non-hydrogen) atoms. The fourth-order valence-electron chi connectivity index (χ4n) is 4.63. The largest absolute Gasteiger partial charge is 0.368 e. The minimum absolute atomic E-state index is 0. The summed E-state index contributed by atoms with van der Waals surface area (Å²) >= 11 is 0. The number of aromatic nitrogens is 4. The zero-order valence-electron chi connectivity index (χ0n) is 18.2. The van der Waals surface area contributed by atoms with Crippen molar-refractivity contribution in [2.45, 2.75) is 40.0 Å². The van der Waals surface area contributed by atoms with E-state index < -0.39 is 0 Å². The van der Waals surface area contributed by atoms with Crippen molar-refractivity contribution in [3.8, 4) is 11.5 Å². The van der Waals surface area contributed by atoms with Gasteiger partial charge >= 0.3 is 0 Å². The highest BCUT2D eigenvalue weighted by atomic mass is 35.5. The third-order valence-corrected chi connectivity index (χ3v) is 6.44. The van der Waals surface area contributed by atoms with E-state index >= 15 is 0 Å². The van der Waals surface area contributed by atoms with Gasteiger partial charge in [-0.2, -0.15) is 5.10 Å². The lowest BCUT2D eigenvalue weighted by Crippen LogP contribution is -2.48. The van der Waals surface area contributed by atoms with E-state index in [1.165, 1.54) is 23.4 Å². The number of imidazole rings is 1. The van der Waals surface area contributed by atoms with Crippen molar-refractivity contribution in [3.05, 3.63) is 29.5 Å². The van der Waals surface area contributed by atoms with Crippen molar-refractivity contribution < 1.29 is 4.79 Å². The average molecular weight is 465 g/mol. The number of amides is 1. The molecule has 0 saturated carbocycles. The van der Waals surface area contributed by atoms with Crippen LogP contribution in [0, 0.1) is 5.41 Å². The number of anilines is 1. The van der Waals surface area contributed by atoms with Crippen LogP contribution >= 0.6 is 24.8 Å². The van der Waals surface area contributed by atoms with Crippen molar-refractivity contribution >= 4 is 47.4 Å². The molecular formula is C22H30Cl2N6O. The summed E-state index contributed by atoms with van der Waals surface area (Å²) in [4.78, 5) is 24.1. The van der Waals surface area contributed by atoms with Crippen molar-refractivity contribution in [1.82, 2.24) is 25.1 Å². The predicted octanol–water partition coefficient (Wildman–Crippen LogP) is 3.98. The van der Waals surface area contributed by atoms with E-state index in [1.807, 2.05) is 4.90 Å². The molecule has 0 radical (unpaired) electrons. The van der Waals surface area contributed by atoms with Crippen LogP contribution in [0.3, 0.4) is 0 Å². The van der Waals surface area contributed by atoms with Crippen molar-refractivity contribution in [2.24, 2.45) is 5.41 Å². The molecule has 9 heteroatoms. The summed E-state index contributed by atoms with van der Waals surface area (Å²) in [5, 5.41) is 7.85. The second-order valence-corrected chi connectivity index (χ2v) is 9.15. The minimum atomic E-state index is 0. The Kier molecular flexibility index (Phi) is 6.58. The molecule has 0 unspecified atom stereocenters. The van der Waals surface area contributed by atoms with Gasteiger partial charge in [-0.25, -0.2) is 4.98 Å². The van der Waals surface area contributed by atoms with Gasteiger partial charge in [0.15, 0.2) is 5.82 Å². The first-order valence-electron chi connectivity index (χ1n) is 10.5. The molecule has 1 aromatic carbocycles. The number of fused-ring (bicyclic) bond motifs is 2. The van der Waals surface area contributed by atoms with E-state index in [4.69, 9.17) is 4.98 Å². The van der Waals surface area contributed by atoms with Gasteiger partial charge in [-0.1, -0.05) is 13.8 Å². The van der Waals surface area contributed by atoms with Crippen LogP contribution in [-0.4, -0.2) is 57.2 Å². The number of rotatable bonds is 2. The lowest BCUT2D eigenvalue weighted by molar-refractivity contribution is -0.129. The topological polar surface area (TPSA) is 80.9 Å². The number of piperazine rings is 1. The lowest BCUT2D eigenvalue weighted by Gasteiger charge is -2.35. The molecular weight excluding hydrogens is 435 g/mol. The van der Waals surface area contributed by atoms with Crippen LogP contribution in [0.5, 0.6) is 0 Å². The number of hydrogen-bond donors (Lipinski definition) is 2. The summed E-state index contributed by atoms with van der Waals surface area (Å²) in [5.74, 6) is 1.000. The molecule has 5 rings (SSSR count). The Morgan fingerprint density at radius 1 is 1.13 bits per heavy atom. The number of H-pyrrole nitrogens is 2.